The van der Waals surface area contributed by atoms with Gasteiger partial charge in [-0.05, 0) is 6.42 Å². The van der Waals surface area contributed by atoms with Gasteiger partial charge in [-0.1, -0.05) is 26.2 Å². The van der Waals surface area contributed by atoms with Gasteiger partial charge in [0.1, 0.15) is 12.7 Å². The van der Waals surface area contributed by atoms with Gasteiger partial charge in [0.2, 0.25) is 0 Å². The Bertz CT molecular complexity index is 159. The summed E-state index contributed by atoms with van der Waals surface area (Å²) in [5.41, 5.74) is 0. The molecule has 0 heterocycles. The highest BCUT2D eigenvalue weighted by Gasteiger charge is 2.07. The first kappa shape index (κ1) is 14.4. The van der Waals surface area contributed by atoms with E-state index in [0.717, 1.165) is 25.7 Å². The molecule has 0 amide bonds. The van der Waals surface area contributed by atoms with Crippen LogP contribution in [-0.4, -0.2) is 37.5 Å². The number of rotatable bonds is 9. The summed E-state index contributed by atoms with van der Waals surface area (Å²) < 4.78 is 9.58. The zero-order valence-electron chi connectivity index (χ0n) is 9.70. The molecule has 15 heavy (non-hydrogen) atoms. The minimum Gasteiger partial charge on any atom is -0.463 e. The van der Waals surface area contributed by atoms with Crippen LogP contribution < -0.4 is 0 Å². The minimum atomic E-state index is -0.713. The fourth-order valence-electron chi connectivity index (χ4n) is 1.20. The molecule has 0 aromatic rings. The lowest BCUT2D eigenvalue weighted by atomic mass is 10.2. The zero-order chi connectivity index (χ0) is 11.5. The summed E-state index contributed by atoms with van der Waals surface area (Å²) in [4.78, 5) is 11.1. The van der Waals surface area contributed by atoms with Crippen molar-refractivity contribution < 1.29 is 19.4 Å². The molecule has 0 aromatic carbocycles. The van der Waals surface area contributed by atoms with Gasteiger partial charge in [-0.15, -0.1) is 0 Å². The Morgan fingerprint density at radius 1 is 1.27 bits per heavy atom. The van der Waals surface area contributed by atoms with Crippen LogP contribution in [0.4, 0.5) is 0 Å². The lowest BCUT2D eigenvalue weighted by Crippen LogP contribution is -2.22. The largest absolute Gasteiger partial charge is 0.463 e. The van der Waals surface area contributed by atoms with Crippen LogP contribution in [0.25, 0.3) is 0 Å². The van der Waals surface area contributed by atoms with Gasteiger partial charge in [-0.2, -0.15) is 0 Å². The molecule has 1 atom stereocenters. The summed E-state index contributed by atoms with van der Waals surface area (Å²) in [5, 5.41) is 9.21. The maximum atomic E-state index is 11.1. The van der Waals surface area contributed by atoms with E-state index < -0.39 is 6.10 Å². The lowest BCUT2D eigenvalue weighted by molar-refractivity contribution is -0.147. The highest BCUT2D eigenvalue weighted by molar-refractivity contribution is 5.69. The highest BCUT2D eigenvalue weighted by atomic mass is 16.5. The predicted molar refractivity (Wildman–Crippen MR) is 57.6 cm³/mol. The number of carbonyl (C=O) groups is 1. The number of aliphatic hydroxyl groups is 1. The molecule has 0 bridgehead atoms. The maximum absolute atomic E-state index is 11.1. The number of unbranched alkanes of at least 4 members (excludes halogenated alkanes) is 3. The molecule has 0 radical (unpaired) electrons. The van der Waals surface area contributed by atoms with Crippen LogP contribution in [0.3, 0.4) is 0 Å². The van der Waals surface area contributed by atoms with E-state index in [1.165, 1.54) is 7.11 Å². The molecule has 0 aliphatic rings. The van der Waals surface area contributed by atoms with Gasteiger partial charge in [-0.25, -0.2) is 0 Å². The van der Waals surface area contributed by atoms with Gasteiger partial charge in [0.15, 0.2) is 0 Å². The topological polar surface area (TPSA) is 55.8 Å². The van der Waals surface area contributed by atoms with Gasteiger partial charge in [-0.3, -0.25) is 4.79 Å². The van der Waals surface area contributed by atoms with Crippen LogP contribution >= 0.6 is 0 Å². The van der Waals surface area contributed by atoms with Crippen molar-refractivity contribution in [2.24, 2.45) is 0 Å². The van der Waals surface area contributed by atoms with Crippen molar-refractivity contribution in [1.29, 1.82) is 0 Å². The number of ether oxygens (including phenoxy) is 2. The Morgan fingerprint density at radius 3 is 2.60 bits per heavy atom. The summed E-state index contributed by atoms with van der Waals surface area (Å²) in [6.45, 7) is 2.35. The van der Waals surface area contributed by atoms with Gasteiger partial charge >= 0.3 is 5.97 Å². The monoisotopic (exact) mass is 218 g/mol. The molecular formula is C11H22O4. The SMILES string of the molecule is CCCCCCC(=O)OCC(O)COC. The van der Waals surface area contributed by atoms with E-state index in [2.05, 4.69) is 6.92 Å². The van der Waals surface area contributed by atoms with Crippen molar-refractivity contribution in [2.45, 2.75) is 45.1 Å². The normalized spacial score (nSPS) is 12.5. The number of esters is 1. The van der Waals surface area contributed by atoms with Crippen molar-refractivity contribution in [3.05, 3.63) is 0 Å². The average Bonchev–Trinajstić information content (AvgIpc) is 2.22. The summed E-state index contributed by atoms with van der Waals surface area (Å²) in [7, 11) is 1.50. The highest BCUT2D eigenvalue weighted by Crippen LogP contribution is 2.03. The van der Waals surface area contributed by atoms with Crippen LogP contribution in [0, 0.1) is 0 Å². The van der Waals surface area contributed by atoms with Crippen molar-refractivity contribution in [3.8, 4) is 0 Å². The number of hydrogen-bond acceptors (Lipinski definition) is 4. The van der Waals surface area contributed by atoms with E-state index in [1.807, 2.05) is 0 Å². The van der Waals surface area contributed by atoms with Gasteiger partial charge in [0, 0.05) is 13.5 Å². The van der Waals surface area contributed by atoms with Crippen molar-refractivity contribution >= 4 is 5.97 Å². The lowest BCUT2D eigenvalue weighted by Gasteiger charge is -2.09. The summed E-state index contributed by atoms with van der Waals surface area (Å²) >= 11 is 0. The average molecular weight is 218 g/mol. The molecule has 0 aliphatic heterocycles. The third kappa shape index (κ3) is 9.69. The minimum absolute atomic E-state index is 0.0282. The molecule has 4 heteroatoms. The summed E-state index contributed by atoms with van der Waals surface area (Å²) in [5.74, 6) is -0.235. The second-order valence-corrected chi connectivity index (χ2v) is 3.60. The van der Waals surface area contributed by atoms with Crippen LogP contribution in [0.2, 0.25) is 0 Å². The van der Waals surface area contributed by atoms with Gasteiger partial charge in [0.25, 0.3) is 0 Å². The van der Waals surface area contributed by atoms with E-state index >= 15 is 0 Å². The molecular weight excluding hydrogens is 196 g/mol. The fourth-order valence-corrected chi connectivity index (χ4v) is 1.20. The Morgan fingerprint density at radius 2 is 2.00 bits per heavy atom. The molecule has 0 aliphatic carbocycles. The third-order valence-corrected chi connectivity index (χ3v) is 2.03. The smallest absolute Gasteiger partial charge is 0.305 e. The van der Waals surface area contributed by atoms with E-state index in [9.17, 15) is 9.90 Å². The van der Waals surface area contributed by atoms with E-state index in [1.54, 1.807) is 0 Å². The molecule has 90 valence electrons. The summed E-state index contributed by atoms with van der Waals surface area (Å²) in [6.07, 6.45) is 3.97. The molecule has 0 spiro atoms. The van der Waals surface area contributed by atoms with Crippen LogP contribution in [0.5, 0.6) is 0 Å². The van der Waals surface area contributed by atoms with Crippen molar-refractivity contribution in [2.75, 3.05) is 20.3 Å². The Hall–Kier alpha value is -0.610. The maximum Gasteiger partial charge on any atom is 0.305 e. The Kier molecular flexibility index (Phi) is 9.52. The summed E-state index contributed by atoms with van der Waals surface area (Å²) in [6, 6.07) is 0. The number of hydrogen-bond donors (Lipinski definition) is 1. The molecule has 0 saturated heterocycles. The predicted octanol–water partition coefficient (Wildman–Crippen LogP) is 1.51. The fraction of sp³-hybridized carbons (Fsp3) is 0.909. The van der Waals surface area contributed by atoms with Crippen molar-refractivity contribution in [3.63, 3.8) is 0 Å². The van der Waals surface area contributed by atoms with Crippen LogP contribution in [0.15, 0.2) is 0 Å². The third-order valence-electron chi connectivity index (χ3n) is 2.03. The number of carbonyl (C=O) groups excluding carboxylic acids is 1. The van der Waals surface area contributed by atoms with Crippen LogP contribution in [-0.2, 0) is 14.3 Å². The molecule has 0 saturated carbocycles. The zero-order valence-corrected chi connectivity index (χ0v) is 9.70. The van der Waals surface area contributed by atoms with Gasteiger partial charge in [0.05, 0.1) is 6.61 Å². The van der Waals surface area contributed by atoms with Crippen molar-refractivity contribution in [1.82, 2.24) is 0 Å². The second kappa shape index (κ2) is 9.93. The number of aliphatic hydroxyl groups excluding tert-OH is 1. The number of methoxy groups -OCH3 is 1. The van der Waals surface area contributed by atoms with E-state index in [-0.39, 0.29) is 19.2 Å². The first-order valence-electron chi connectivity index (χ1n) is 5.53. The first-order valence-corrected chi connectivity index (χ1v) is 5.53. The van der Waals surface area contributed by atoms with Gasteiger partial charge < -0.3 is 14.6 Å². The quantitative estimate of drug-likeness (QED) is 0.471. The molecule has 4 nitrogen and oxygen atoms in total. The second-order valence-electron chi connectivity index (χ2n) is 3.60. The Balaban J connectivity index is 3.32. The molecule has 1 unspecified atom stereocenters. The standard InChI is InChI=1S/C11H22O4/c1-3-4-5-6-7-11(13)15-9-10(12)8-14-2/h10,12H,3-9H2,1-2H3. The van der Waals surface area contributed by atoms with E-state index in [4.69, 9.17) is 9.47 Å². The first-order chi connectivity index (χ1) is 7.20. The Labute approximate surface area is 91.6 Å². The molecule has 0 rings (SSSR count). The molecule has 0 fully saturated rings. The molecule has 0 aromatic heterocycles. The molecule has 1 N–H and O–H groups in total. The van der Waals surface area contributed by atoms with Crippen LogP contribution in [0.1, 0.15) is 39.0 Å². The van der Waals surface area contributed by atoms with E-state index in [0.29, 0.717) is 6.42 Å².